The molecule has 1 amide bonds. The van der Waals surface area contributed by atoms with E-state index in [1.165, 1.54) is 0 Å². The summed E-state index contributed by atoms with van der Waals surface area (Å²) in [6.07, 6.45) is 1.11. The van der Waals surface area contributed by atoms with E-state index in [1.807, 2.05) is 48.5 Å². The fourth-order valence-electron chi connectivity index (χ4n) is 2.91. The van der Waals surface area contributed by atoms with Gasteiger partial charge in [0.15, 0.2) is 5.78 Å². The van der Waals surface area contributed by atoms with Crippen molar-refractivity contribution >= 4 is 29.6 Å². The third kappa shape index (κ3) is 9.81. The second kappa shape index (κ2) is 11.7. The molecule has 31 heavy (non-hydrogen) atoms. The lowest BCUT2D eigenvalue weighted by atomic mass is 9.95. The number of nitrogens with one attached hydrogen (secondary N) is 1. The Morgan fingerprint density at radius 3 is 2.35 bits per heavy atom. The van der Waals surface area contributed by atoms with Crippen LogP contribution in [0.5, 0.6) is 0 Å². The van der Waals surface area contributed by atoms with E-state index in [1.54, 1.807) is 32.9 Å². The first-order valence-corrected chi connectivity index (χ1v) is 10.7. The molecule has 0 saturated carbocycles. The number of aliphatic hydroxyl groups is 1. The second-order valence-corrected chi connectivity index (χ2v) is 8.82. The monoisotopic (exact) mass is 443 g/mol. The van der Waals surface area contributed by atoms with Crippen molar-refractivity contribution in [3.63, 3.8) is 0 Å². The number of carbonyl (C=O) groups is 2. The van der Waals surface area contributed by atoms with Crippen LogP contribution in [-0.4, -0.2) is 35.2 Å². The molecule has 0 spiro atoms. The Morgan fingerprint density at radius 2 is 1.74 bits per heavy atom. The highest BCUT2D eigenvalue weighted by molar-refractivity contribution is 6.30. The van der Waals surface area contributed by atoms with Gasteiger partial charge in [0.1, 0.15) is 5.60 Å². The number of ether oxygens (including phenoxy) is 1. The maximum absolute atomic E-state index is 12.9. The molecule has 0 saturated heterocycles. The van der Waals surface area contributed by atoms with E-state index >= 15 is 0 Å². The minimum atomic E-state index is -0.869. The molecule has 6 heteroatoms. The predicted octanol–water partition coefficient (Wildman–Crippen LogP) is 5.20. The van der Waals surface area contributed by atoms with Gasteiger partial charge < -0.3 is 15.2 Å². The first-order chi connectivity index (χ1) is 14.6. The van der Waals surface area contributed by atoms with E-state index in [0.29, 0.717) is 17.0 Å². The highest BCUT2D eigenvalue weighted by atomic mass is 35.5. The first kappa shape index (κ1) is 24.6. The van der Waals surface area contributed by atoms with Crippen molar-refractivity contribution in [2.45, 2.75) is 51.7 Å². The Hall–Kier alpha value is -2.63. The van der Waals surface area contributed by atoms with Crippen LogP contribution in [0.15, 0.2) is 60.2 Å². The van der Waals surface area contributed by atoms with Crippen molar-refractivity contribution in [1.29, 1.82) is 0 Å². The lowest BCUT2D eigenvalue weighted by Crippen LogP contribution is -2.34. The van der Waals surface area contributed by atoms with Crippen molar-refractivity contribution in [2.24, 2.45) is 0 Å². The average molecular weight is 444 g/mol. The molecule has 2 aromatic carbocycles. The molecular formula is C25H30ClNO4. The zero-order valence-corrected chi connectivity index (χ0v) is 19.0. The van der Waals surface area contributed by atoms with Crippen molar-refractivity contribution in [3.8, 4) is 0 Å². The quantitative estimate of drug-likeness (QED) is 0.522. The number of benzene rings is 2. The molecule has 0 aromatic heterocycles. The smallest absolute Gasteiger partial charge is 0.407 e. The van der Waals surface area contributed by atoms with Crippen LogP contribution in [0.3, 0.4) is 0 Å². The summed E-state index contributed by atoms with van der Waals surface area (Å²) in [5, 5.41) is 13.5. The molecule has 0 fully saturated rings. The third-order valence-corrected chi connectivity index (χ3v) is 4.63. The number of rotatable bonds is 9. The minimum Gasteiger partial charge on any atom is -0.444 e. The molecule has 1 unspecified atom stereocenters. The summed E-state index contributed by atoms with van der Waals surface area (Å²) >= 11 is 5.96. The summed E-state index contributed by atoms with van der Waals surface area (Å²) in [6.45, 7) is 5.56. The van der Waals surface area contributed by atoms with Crippen LogP contribution in [0.25, 0.3) is 6.08 Å². The van der Waals surface area contributed by atoms with Crippen LogP contribution in [-0.2, 0) is 16.0 Å². The van der Waals surface area contributed by atoms with Gasteiger partial charge in [0.25, 0.3) is 0 Å². The molecule has 5 nitrogen and oxygen atoms in total. The van der Waals surface area contributed by atoms with E-state index < -0.39 is 17.8 Å². The van der Waals surface area contributed by atoms with E-state index in [0.717, 1.165) is 11.1 Å². The molecule has 0 heterocycles. The van der Waals surface area contributed by atoms with Crippen LogP contribution in [0.1, 0.15) is 44.7 Å². The fraction of sp³-hybridized carbons (Fsp3) is 0.360. The topological polar surface area (TPSA) is 75.6 Å². The van der Waals surface area contributed by atoms with Gasteiger partial charge in [0.05, 0.1) is 6.10 Å². The highest BCUT2D eigenvalue weighted by Crippen LogP contribution is 2.18. The number of Topliss-reactive ketones (excluding diaryl/α,β-unsaturated/α-hetero) is 1. The van der Waals surface area contributed by atoms with Crippen LogP contribution in [0, 0.1) is 0 Å². The number of aliphatic hydroxyl groups excluding tert-OH is 1. The number of halogens is 1. The Labute approximate surface area is 189 Å². The standard InChI is InChI=1S/C25H30ClNO4/c1-25(2,3)31-24(30)27-14-13-22(28)17-23(29)20(15-18-7-5-4-6-8-18)16-19-9-11-21(26)12-10-19/h4-12,16,22,28H,13-15,17H2,1-3H3,(H,27,30). The molecule has 0 aliphatic heterocycles. The summed E-state index contributed by atoms with van der Waals surface area (Å²) in [6, 6.07) is 16.9. The van der Waals surface area contributed by atoms with E-state index in [4.69, 9.17) is 16.3 Å². The molecule has 1 atom stereocenters. The van der Waals surface area contributed by atoms with Gasteiger partial charge in [-0.15, -0.1) is 0 Å². The van der Waals surface area contributed by atoms with Gasteiger partial charge in [-0.2, -0.15) is 0 Å². The predicted molar refractivity (Wildman–Crippen MR) is 124 cm³/mol. The van der Waals surface area contributed by atoms with Crippen molar-refractivity contribution in [2.75, 3.05) is 6.54 Å². The molecule has 2 aromatic rings. The van der Waals surface area contributed by atoms with Crippen molar-refractivity contribution < 1.29 is 19.4 Å². The summed E-state index contributed by atoms with van der Waals surface area (Å²) in [7, 11) is 0. The molecule has 0 aliphatic rings. The number of hydrogen-bond acceptors (Lipinski definition) is 4. The Morgan fingerprint density at radius 1 is 1.10 bits per heavy atom. The molecule has 2 rings (SSSR count). The lowest BCUT2D eigenvalue weighted by Gasteiger charge is -2.20. The number of carbonyl (C=O) groups excluding carboxylic acids is 2. The third-order valence-electron chi connectivity index (χ3n) is 4.37. The molecule has 0 aliphatic carbocycles. The molecule has 166 valence electrons. The largest absolute Gasteiger partial charge is 0.444 e. The van der Waals surface area contributed by atoms with Gasteiger partial charge in [-0.05, 0) is 56.5 Å². The Balaban J connectivity index is 2.00. The summed E-state index contributed by atoms with van der Waals surface area (Å²) in [5.74, 6) is -0.136. The molecule has 2 N–H and O–H groups in total. The number of ketones is 1. The Bertz CT molecular complexity index is 886. The van der Waals surface area contributed by atoms with Gasteiger partial charge in [0, 0.05) is 30.0 Å². The van der Waals surface area contributed by atoms with Gasteiger partial charge in [-0.25, -0.2) is 4.79 Å². The first-order valence-electron chi connectivity index (χ1n) is 10.3. The zero-order valence-electron chi connectivity index (χ0n) is 18.2. The fourth-order valence-corrected chi connectivity index (χ4v) is 3.03. The van der Waals surface area contributed by atoms with Crippen LogP contribution in [0.2, 0.25) is 5.02 Å². The van der Waals surface area contributed by atoms with Crippen molar-refractivity contribution in [1.82, 2.24) is 5.32 Å². The molecule has 0 bridgehead atoms. The average Bonchev–Trinajstić information content (AvgIpc) is 2.68. The van der Waals surface area contributed by atoms with Gasteiger partial charge in [-0.1, -0.05) is 54.1 Å². The van der Waals surface area contributed by atoms with Gasteiger partial charge in [0.2, 0.25) is 0 Å². The SMILES string of the molecule is CC(C)(C)OC(=O)NCCC(O)CC(=O)C(=Cc1ccc(Cl)cc1)Cc1ccccc1. The number of hydrogen-bond donors (Lipinski definition) is 2. The number of alkyl carbamates (subject to hydrolysis) is 1. The Kier molecular flexibility index (Phi) is 9.28. The van der Waals surface area contributed by atoms with Crippen LogP contribution in [0.4, 0.5) is 4.79 Å². The summed E-state index contributed by atoms with van der Waals surface area (Å²) in [5.41, 5.74) is 1.90. The maximum atomic E-state index is 12.9. The van der Waals surface area contributed by atoms with E-state index in [-0.39, 0.29) is 25.2 Å². The van der Waals surface area contributed by atoms with Crippen LogP contribution < -0.4 is 5.32 Å². The van der Waals surface area contributed by atoms with E-state index in [9.17, 15) is 14.7 Å². The number of amides is 1. The maximum Gasteiger partial charge on any atom is 0.407 e. The minimum absolute atomic E-state index is 0.0255. The van der Waals surface area contributed by atoms with Crippen LogP contribution >= 0.6 is 11.6 Å². The van der Waals surface area contributed by atoms with E-state index in [2.05, 4.69) is 5.32 Å². The lowest BCUT2D eigenvalue weighted by molar-refractivity contribution is -0.117. The zero-order chi connectivity index (χ0) is 22.9. The summed E-state index contributed by atoms with van der Waals surface area (Å²) < 4.78 is 5.16. The normalized spacial score (nSPS) is 12.9. The molecular weight excluding hydrogens is 414 g/mol. The van der Waals surface area contributed by atoms with Crippen molar-refractivity contribution in [3.05, 3.63) is 76.3 Å². The second-order valence-electron chi connectivity index (χ2n) is 8.38. The van der Waals surface area contributed by atoms with Gasteiger partial charge in [-0.3, -0.25) is 4.79 Å². The number of allylic oxidation sites excluding steroid dienone is 1. The summed E-state index contributed by atoms with van der Waals surface area (Å²) in [4.78, 5) is 24.6. The molecule has 0 radical (unpaired) electrons. The highest BCUT2D eigenvalue weighted by Gasteiger charge is 2.18. The van der Waals surface area contributed by atoms with Gasteiger partial charge >= 0.3 is 6.09 Å².